The van der Waals surface area contributed by atoms with E-state index in [-0.39, 0.29) is 29.3 Å². The third kappa shape index (κ3) is 2.22. The van der Waals surface area contributed by atoms with Crippen LogP contribution in [0.15, 0.2) is 18.2 Å². The molecule has 2 atom stereocenters. The van der Waals surface area contributed by atoms with Crippen LogP contribution in [0.2, 0.25) is 5.02 Å². The summed E-state index contributed by atoms with van der Waals surface area (Å²) in [7, 11) is 0. The van der Waals surface area contributed by atoms with Gasteiger partial charge in [0.2, 0.25) is 0 Å². The molecule has 4 N–H and O–H groups in total. The van der Waals surface area contributed by atoms with Gasteiger partial charge in [0.25, 0.3) is 5.91 Å². The van der Waals surface area contributed by atoms with Crippen molar-refractivity contribution in [3.63, 3.8) is 0 Å². The van der Waals surface area contributed by atoms with Gasteiger partial charge in [-0.15, -0.1) is 0 Å². The number of phenols is 1. The van der Waals surface area contributed by atoms with Crippen molar-refractivity contribution in [2.24, 2.45) is 5.73 Å². The Bertz CT molecular complexity index is 408. The lowest BCUT2D eigenvalue weighted by Gasteiger charge is -2.05. The summed E-state index contributed by atoms with van der Waals surface area (Å²) in [5, 5.41) is 12.3. The summed E-state index contributed by atoms with van der Waals surface area (Å²) in [6.45, 7) is 0. The van der Waals surface area contributed by atoms with Crippen LogP contribution in [0.3, 0.4) is 0 Å². The van der Waals surface area contributed by atoms with Crippen LogP contribution < -0.4 is 11.1 Å². The van der Waals surface area contributed by atoms with Gasteiger partial charge < -0.3 is 16.2 Å². The van der Waals surface area contributed by atoms with Crippen LogP contribution in [0.1, 0.15) is 16.8 Å². The molecule has 4 nitrogen and oxygen atoms in total. The molecular formula is C10H11ClN2O2. The minimum atomic E-state index is -0.297. The average Bonchev–Trinajstić information content (AvgIpc) is 2.86. The molecule has 0 saturated heterocycles. The minimum Gasteiger partial charge on any atom is -0.508 e. The van der Waals surface area contributed by atoms with E-state index in [2.05, 4.69) is 5.32 Å². The molecular weight excluding hydrogens is 216 g/mol. The van der Waals surface area contributed by atoms with E-state index in [0.29, 0.717) is 5.02 Å². The van der Waals surface area contributed by atoms with Gasteiger partial charge in [0, 0.05) is 12.1 Å². The Morgan fingerprint density at radius 1 is 1.60 bits per heavy atom. The van der Waals surface area contributed by atoms with E-state index in [4.69, 9.17) is 17.3 Å². The Labute approximate surface area is 92.0 Å². The minimum absolute atomic E-state index is 0.0182. The Morgan fingerprint density at radius 2 is 2.27 bits per heavy atom. The van der Waals surface area contributed by atoms with Crippen LogP contribution in [-0.4, -0.2) is 23.1 Å². The fourth-order valence-corrected chi connectivity index (χ4v) is 1.52. The summed E-state index contributed by atoms with van der Waals surface area (Å²) >= 11 is 5.83. The molecule has 1 aliphatic rings. The summed E-state index contributed by atoms with van der Waals surface area (Å²) in [5.41, 5.74) is 5.84. The van der Waals surface area contributed by atoms with Crippen molar-refractivity contribution in [3.8, 4) is 5.75 Å². The number of hydrogen-bond donors (Lipinski definition) is 3. The van der Waals surface area contributed by atoms with Crippen molar-refractivity contribution in [2.45, 2.75) is 18.5 Å². The lowest BCUT2D eigenvalue weighted by atomic mass is 10.2. The normalized spacial score (nSPS) is 23.6. The lowest BCUT2D eigenvalue weighted by Crippen LogP contribution is -2.29. The number of benzene rings is 1. The zero-order chi connectivity index (χ0) is 11.0. The van der Waals surface area contributed by atoms with Crippen LogP contribution in [0, 0.1) is 0 Å². The van der Waals surface area contributed by atoms with Gasteiger partial charge in [-0.1, -0.05) is 11.6 Å². The van der Waals surface area contributed by atoms with E-state index in [1.165, 1.54) is 18.2 Å². The molecule has 1 amide bonds. The number of phenolic OH excluding ortho intramolecular Hbond substituents is 1. The predicted molar refractivity (Wildman–Crippen MR) is 57.0 cm³/mol. The highest BCUT2D eigenvalue weighted by Crippen LogP contribution is 2.23. The van der Waals surface area contributed by atoms with Crippen molar-refractivity contribution < 1.29 is 9.90 Å². The molecule has 0 bridgehead atoms. The average molecular weight is 227 g/mol. The fourth-order valence-electron chi connectivity index (χ4n) is 1.31. The molecule has 1 aliphatic carbocycles. The molecule has 0 aromatic heterocycles. The van der Waals surface area contributed by atoms with Crippen molar-refractivity contribution in [2.75, 3.05) is 0 Å². The molecule has 2 unspecified atom stereocenters. The number of nitrogens with one attached hydrogen (secondary N) is 1. The van der Waals surface area contributed by atoms with E-state index in [1.807, 2.05) is 0 Å². The van der Waals surface area contributed by atoms with Crippen molar-refractivity contribution in [1.82, 2.24) is 5.32 Å². The Hall–Kier alpha value is -1.26. The smallest absolute Gasteiger partial charge is 0.253 e. The number of carbonyl (C=O) groups is 1. The van der Waals surface area contributed by atoms with E-state index in [9.17, 15) is 9.90 Å². The maximum Gasteiger partial charge on any atom is 0.253 e. The number of nitrogens with two attached hydrogens (primary N) is 1. The molecule has 1 saturated carbocycles. The van der Waals surface area contributed by atoms with E-state index >= 15 is 0 Å². The summed E-state index contributed by atoms with van der Waals surface area (Å²) in [5.74, 6) is -0.279. The quantitative estimate of drug-likeness (QED) is 0.701. The molecule has 0 spiro atoms. The van der Waals surface area contributed by atoms with Gasteiger partial charge in [0.15, 0.2) is 0 Å². The van der Waals surface area contributed by atoms with Gasteiger partial charge in [0.05, 0.1) is 10.6 Å². The first kappa shape index (κ1) is 10.3. The van der Waals surface area contributed by atoms with Gasteiger partial charge in [-0.3, -0.25) is 4.79 Å². The molecule has 5 heteroatoms. The largest absolute Gasteiger partial charge is 0.508 e. The maximum absolute atomic E-state index is 11.7. The Kier molecular flexibility index (Phi) is 2.54. The molecule has 0 aliphatic heterocycles. The number of hydrogen-bond acceptors (Lipinski definition) is 3. The van der Waals surface area contributed by atoms with Crippen LogP contribution >= 0.6 is 11.6 Å². The molecule has 80 valence electrons. The number of carbonyl (C=O) groups excluding carboxylic acids is 1. The maximum atomic E-state index is 11.7. The highest BCUT2D eigenvalue weighted by molar-refractivity contribution is 6.33. The summed E-state index contributed by atoms with van der Waals surface area (Å²) < 4.78 is 0. The summed E-state index contributed by atoms with van der Waals surface area (Å²) in [4.78, 5) is 11.7. The van der Waals surface area contributed by atoms with Crippen molar-refractivity contribution in [3.05, 3.63) is 28.8 Å². The molecule has 0 heterocycles. The van der Waals surface area contributed by atoms with Crippen molar-refractivity contribution in [1.29, 1.82) is 0 Å². The van der Waals surface area contributed by atoms with Crippen LogP contribution in [0.25, 0.3) is 0 Å². The first-order valence-electron chi connectivity index (χ1n) is 4.63. The molecule has 1 aromatic rings. The second-order valence-electron chi connectivity index (χ2n) is 3.64. The highest BCUT2D eigenvalue weighted by atomic mass is 35.5. The monoisotopic (exact) mass is 226 g/mol. The molecule has 15 heavy (non-hydrogen) atoms. The number of amides is 1. The zero-order valence-corrected chi connectivity index (χ0v) is 8.66. The van der Waals surface area contributed by atoms with Crippen LogP contribution in [0.5, 0.6) is 5.75 Å². The highest BCUT2D eigenvalue weighted by Gasteiger charge is 2.35. The van der Waals surface area contributed by atoms with E-state index in [1.54, 1.807) is 0 Å². The van der Waals surface area contributed by atoms with Gasteiger partial charge in [0.1, 0.15) is 5.75 Å². The van der Waals surface area contributed by atoms with E-state index < -0.39 is 0 Å². The topological polar surface area (TPSA) is 75.3 Å². The summed E-state index contributed by atoms with van der Waals surface area (Å²) in [6, 6.07) is 4.34. The van der Waals surface area contributed by atoms with Gasteiger partial charge >= 0.3 is 0 Å². The number of halogens is 1. The molecule has 2 rings (SSSR count). The van der Waals surface area contributed by atoms with Crippen LogP contribution in [-0.2, 0) is 0 Å². The molecule has 1 aromatic carbocycles. The Balaban J connectivity index is 2.14. The second-order valence-corrected chi connectivity index (χ2v) is 4.05. The van der Waals surface area contributed by atoms with Crippen molar-refractivity contribution >= 4 is 17.5 Å². The standard InChI is InChI=1S/C10H11ClN2O2/c11-7-2-1-5(14)3-6(7)10(15)13-9-4-8(9)12/h1-3,8-9,14H,4,12H2,(H,13,15). The third-order valence-electron chi connectivity index (χ3n) is 2.35. The summed E-state index contributed by atoms with van der Waals surface area (Å²) in [6.07, 6.45) is 0.794. The van der Waals surface area contributed by atoms with Crippen LogP contribution in [0.4, 0.5) is 0 Å². The first-order chi connectivity index (χ1) is 7.08. The van der Waals surface area contributed by atoms with Gasteiger partial charge in [-0.25, -0.2) is 0 Å². The second kappa shape index (κ2) is 3.72. The Morgan fingerprint density at radius 3 is 2.87 bits per heavy atom. The fraction of sp³-hybridized carbons (Fsp3) is 0.300. The lowest BCUT2D eigenvalue weighted by molar-refractivity contribution is 0.0950. The first-order valence-corrected chi connectivity index (χ1v) is 5.00. The van der Waals surface area contributed by atoms with Gasteiger partial charge in [-0.2, -0.15) is 0 Å². The van der Waals surface area contributed by atoms with E-state index in [0.717, 1.165) is 6.42 Å². The molecule has 0 radical (unpaired) electrons. The predicted octanol–water partition coefficient (Wildman–Crippen LogP) is 0.875. The van der Waals surface area contributed by atoms with Gasteiger partial charge in [-0.05, 0) is 24.6 Å². The number of aromatic hydroxyl groups is 1. The molecule has 1 fully saturated rings. The zero-order valence-electron chi connectivity index (χ0n) is 7.90. The SMILES string of the molecule is NC1CC1NC(=O)c1cc(O)ccc1Cl. The third-order valence-corrected chi connectivity index (χ3v) is 2.68. The number of rotatable bonds is 2.